The predicted octanol–water partition coefficient (Wildman–Crippen LogP) is 1.88. The summed E-state index contributed by atoms with van der Waals surface area (Å²) in [5, 5.41) is 9.21. The lowest BCUT2D eigenvalue weighted by atomic mass is 10.1. The molecule has 2 heterocycles. The number of benzene rings is 1. The zero-order valence-electron chi connectivity index (χ0n) is 12.4. The number of hydrogen-bond acceptors (Lipinski definition) is 3. The van der Waals surface area contributed by atoms with Crippen LogP contribution in [0.25, 0.3) is 0 Å². The number of para-hydroxylation sites is 1. The molecule has 1 N–H and O–H groups in total. The van der Waals surface area contributed by atoms with Gasteiger partial charge >= 0.3 is 5.97 Å². The highest BCUT2D eigenvalue weighted by atomic mass is 79.9. The van der Waals surface area contributed by atoms with Gasteiger partial charge in [-0.3, -0.25) is 9.59 Å². The molecule has 2 aliphatic rings. The van der Waals surface area contributed by atoms with Crippen molar-refractivity contribution in [2.45, 2.75) is 25.3 Å². The molecule has 1 unspecified atom stereocenters. The Hall–Kier alpha value is -1.89. The van der Waals surface area contributed by atoms with Gasteiger partial charge in [-0.25, -0.2) is 4.79 Å². The van der Waals surface area contributed by atoms with Crippen molar-refractivity contribution >= 4 is 39.4 Å². The molecule has 0 radical (unpaired) electrons. The van der Waals surface area contributed by atoms with Gasteiger partial charge in [-0.1, -0.05) is 12.1 Å². The summed E-state index contributed by atoms with van der Waals surface area (Å²) in [4.78, 5) is 39.5. The van der Waals surface area contributed by atoms with Crippen LogP contribution in [-0.4, -0.2) is 46.9 Å². The van der Waals surface area contributed by atoms with Crippen LogP contribution in [0.4, 0.5) is 5.69 Å². The first-order valence-electron chi connectivity index (χ1n) is 7.60. The van der Waals surface area contributed by atoms with Gasteiger partial charge in [-0.2, -0.15) is 0 Å². The fourth-order valence-electron chi connectivity index (χ4n) is 3.31. The van der Waals surface area contributed by atoms with Crippen LogP contribution in [0.2, 0.25) is 0 Å². The molecule has 1 aromatic carbocycles. The van der Waals surface area contributed by atoms with Gasteiger partial charge in [0.2, 0.25) is 11.8 Å². The Morgan fingerprint density at radius 1 is 1.17 bits per heavy atom. The fourth-order valence-corrected chi connectivity index (χ4v) is 3.81. The van der Waals surface area contributed by atoms with E-state index in [1.807, 2.05) is 24.3 Å². The average molecular weight is 381 g/mol. The molecule has 1 aromatic rings. The molecule has 0 bridgehead atoms. The van der Waals surface area contributed by atoms with Crippen molar-refractivity contribution in [2.75, 3.05) is 18.0 Å². The predicted molar refractivity (Wildman–Crippen MR) is 87.0 cm³/mol. The van der Waals surface area contributed by atoms with Crippen molar-refractivity contribution in [1.29, 1.82) is 0 Å². The second-order valence-electron chi connectivity index (χ2n) is 5.81. The first-order valence-corrected chi connectivity index (χ1v) is 8.39. The summed E-state index contributed by atoms with van der Waals surface area (Å²) >= 11 is 3.42. The van der Waals surface area contributed by atoms with Gasteiger partial charge in [-0.05, 0) is 47.3 Å². The van der Waals surface area contributed by atoms with E-state index >= 15 is 0 Å². The molecule has 2 atom stereocenters. The Bertz CT molecular complexity index is 663. The maximum Gasteiger partial charge on any atom is 0.326 e. The lowest BCUT2D eigenvalue weighted by Crippen LogP contribution is -2.45. The van der Waals surface area contributed by atoms with Crippen molar-refractivity contribution in [2.24, 2.45) is 5.92 Å². The number of hydrogen-bond donors (Lipinski definition) is 1. The topological polar surface area (TPSA) is 77.9 Å². The van der Waals surface area contributed by atoms with Crippen LogP contribution in [0.1, 0.15) is 19.3 Å². The van der Waals surface area contributed by atoms with E-state index in [0.717, 1.165) is 10.2 Å². The lowest BCUT2D eigenvalue weighted by Gasteiger charge is -2.24. The van der Waals surface area contributed by atoms with E-state index in [4.69, 9.17) is 0 Å². The van der Waals surface area contributed by atoms with Crippen LogP contribution < -0.4 is 4.90 Å². The minimum Gasteiger partial charge on any atom is -0.480 e. The second kappa shape index (κ2) is 6.31. The summed E-state index contributed by atoms with van der Waals surface area (Å²) in [5.41, 5.74) is 0.740. The third-order valence-corrected chi connectivity index (χ3v) is 5.14. The summed E-state index contributed by atoms with van der Waals surface area (Å²) in [7, 11) is 0. The minimum absolute atomic E-state index is 0.252. The molecule has 6 nitrogen and oxygen atoms in total. The van der Waals surface area contributed by atoms with E-state index in [2.05, 4.69) is 15.9 Å². The number of halogens is 1. The monoisotopic (exact) mass is 380 g/mol. The van der Waals surface area contributed by atoms with Crippen molar-refractivity contribution in [3.05, 3.63) is 28.7 Å². The molecule has 7 heteroatoms. The van der Waals surface area contributed by atoms with Crippen LogP contribution in [0.15, 0.2) is 28.7 Å². The molecule has 0 aromatic heterocycles. The zero-order chi connectivity index (χ0) is 16.6. The molecule has 2 amide bonds. The van der Waals surface area contributed by atoms with Gasteiger partial charge in [0, 0.05) is 17.6 Å². The van der Waals surface area contributed by atoms with E-state index in [0.29, 0.717) is 32.4 Å². The number of carboxylic acid groups (broad SMARTS) is 1. The molecular weight excluding hydrogens is 364 g/mol. The summed E-state index contributed by atoms with van der Waals surface area (Å²) in [6.07, 6.45) is 1.54. The van der Waals surface area contributed by atoms with Crippen molar-refractivity contribution in [1.82, 2.24) is 4.90 Å². The third kappa shape index (κ3) is 2.85. The summed E-state index contributed by atoms with van der Waals surface area (Å²) in [6, 6.07) is 6.57. The molecular formula is C16H17BrN2O4. The molecule has 0 aliphatic carbocycles. The summed E-state index contributed by atoms with van der Waals surface area (Å²) in [5.74, 6) is -2.38. The standard InChI is InChI=1S/C16H17BrN2O4/c17-11-4-1-2-5-12(11)19-9-7-10(15(19)21)14(20)18-8-3-6-13(18)16(22)23/h1-2,4-5,10,13H,3,6-9H2,(H,22,23)/t10?,13-/m0/s1. The van der Waals surface area contributed by atoms with Crippen LogP contribution in [0.3, 0.4) is 0 Å². The summed E-state index contributed by atoms with van der Waals surface area (Å²) in [6.45, 7) is 0.873. The summed E-state index contributed by atoms with van der Waals surface area (Å²) < 4.78 is 0.797. The van der Waals surface area contributed by atoms with Crippen LogP contribution in [0.5, 0.6) is 0 Å². The molecule has 0 spiro atoms. The number of likely N-dealkylation sites (tertiary alicyclic amines) is 1. The Kier molecular flexibility index (Phi) is 4.39. The second-order valence-corrected chi connectivity index (χ2v) is 6.66. The first kappa shape index (κ1) is 16.0. The Labute approximate surface area is 142 Å². The number of rotatable bonds is 3. The van der Waals surface area contributed by atoms with Crippen molar-refractivity contribution in [3.63, 3.8) is 0 Å². The van der Waals surface area contributed by atoms with Gasteiger partial charge in [0.25, 0.3) is 0 Å². The molecule has 23 heavy (non-hydrogen) atoms. The largest absolute Gasteiger partial charge is 0.480 e. The van der Waals surface area contributed by atoms with Gasteiger partial charge in [0.05, 0.1) is 5.69 Å². The number of amides is 2. The lowest BCUT2D eigenvalue weighted by molar-refractivity contribution is -0.151. The molecule has 0 saturated carbocycles. The molecule has 2 aliphatic heterocycles. The SMILES string of the molecule is O=C(O)[C@@H]1CCCN1C(=O)C1CCN(c2ccccc2Br)C1=O. The number of nitrogens with zero attached hydrogens (tertiary/aromatic N) is 2. The Balaban J connectivity index is 1.78. The molecule has 3 rings (SSSR count). The van der Waals surface area contributed by atoms with E-state index in [1.165, 1.54) is 4.90 Å². The maximum absolute atomic E-state index is 12.6. The van der Waals surface area contributed by atoms with Crippen molar-refractivity contribution in [3.8, 4) is 0 Å². The average Bonchev–Trinajstić information content (AvgIpc) is 3.14. The Morgan fingerprint density at radius 3 is 2.61 bits per heavy atom. The van der Waals surface area contributed by atoms with E-state index in [1.54, 1.807) is 4.90 Å². The van der Waals surface area contributed by atoms with Gasteiger partial charge < -0.3 is 14.9 Å². The number of aliphatic carboxylic acids is 1. The maximum atomic E-state index is 12.6. The van der Waals surface area contributed by atoms with Crippen molar-refractivity contribution < 1.29 is 19.5 Å². The van der Waals surface area contributed by atoms with Crippen LogP contribution in [-0.2, 0) is 14.4 Å². The fraction of sp³-hybridized carbons (Fsp3) is 0.438. The van der Waals surface area contributed by atoms with Gasteiger partial charge in [0.15, 0.2) is 0 Å². The number of carbonyl (C=O) groups excluding carboxylic acids is 2. The smallest absolute Gasteiger partial charge is 0.326 e. The molecule has 2 saturated heterocycles. The van der Waals surface area contributed by atoms with Gasteiger partial charge in [-0.15, -0.1) is 0 Å². The third-order valence-electron chi connectivity index (χ3n) is 4.47. The first-order chi connectivity index (χ1) is 11.0. The zero-order valence-corrected chi connectivity index (χ0v) is 14.0. The number of carboxylic acids is 1. The highest BCUT2D eigenvalue weighted by molar-refractivity contribution is 9.10. The quantitative estimate of drug-likeness (QED) is 0.812. The molecule has 122 valence electrons. The van der Waals surface area contributed by atoms with E-state index in [-0.39, 0.29) is 11.8 Å². The van der Waals surface area contributed by atoms with E-state index in [9.17, 15) is 19.5 Å². The van der Waals surface area contributed by atoms with E-state index < -0.39 is 17.9 Å². The van der Waals surface area contributed by atoms with Gasteiger partial charge in [0.1, 0.15) is 12.0 Å². The Morgan fingerprint density at radius 2 is 1.91 bits per heavy atom. The van der Waals surface area contributed by atoms with Crippen LogP contribution >= 0.6 is 15.9 Å². The van der Waals surface area contributed by atoms with Crippen LogP contribution in [0, 0.1) is 5.92 Å². The normalized spacial score (nSPS) is 24.3. The highest BCUT2D eigenvalue weighted by Crippen LogP contribution is 2.33. The molecule has 2 fully saturated rings. The minimum atomic E-state index is -0.996. The highest BCUT2D eigenvalue weighted by Gasteiger charge is 2.44. The number of carbonyl (C=O) groups is 3. The number of anilines is 1.